The lowest BCUT2D eigenvalue weighted by atomic mass is 10.0. The molecule has 0 spiro atoms. The first kappa shape index (κ1) is 11.6. The van der Waals surface area contributed by atoms with Crippen LogP contribution in [0, 0.1) is 12.8 Å². The molecule has 1 fully saturated rings. The smallest absolute Gasteiger partial charge is 0.264 e. The monoisotopic (exact) mass is 239 g/mol. The molecule has 1 amide bonds. The molecule has 0 radical (unpaired) electrons. The van der Waals surface area contributed by atoms with E-state index in [9.17, 15) is 9.90 Å². The van der Waals surface area contributed by atoms with Crippen molar-refractivity contribution in [1.82, 2.24) is 4.90 Å². The molecule has 1 aliphatic heterocycles. The van der Waals surface area contributed by atoms with Gasteiger partial charge < -0.3 is 10.0 Å². The summed E-state index contributed by atoms with van der Waals surface area (Å²) >= 11 is 1.49. The van der Waals surface area contributed by atoms with Gasteiger partial charge in [0.05, 0.1) is 17.5 Å². The summed E-state index contributed by atoms with van der Waals surface area (Å²) in [6, 6.07) is 1.96. The fourth-order valence-electron chi connectivity index (χ4n) is 2.26. The third-order valence-electron chi connectivity index (χ3n) is 3.39. The molecule has 0 bridgehead atoms. The SMILES string of the molecule is Cc1ccsc1C(=O)N1CCC(C)C1CO. The molecule has 4 heteroatoms. The fraction of sp³-hybridized carbons (Fsp3) is 0.583. The minimum atomic E-state index is -0.00556. The maximum absolute atomic E-state index is 12.3. The Hall–Kier alpha value is -0.870. The first-order valence-corrected chi connectivity index (χ1v) is 6.49. The highest BCUT2D eigenvalue weighted by atomic mass is 32.1. The number of carbonyl (C=O) groups is 1. The number of hydrogen-bond acceptors (Lipinski definition) is 3. The highest BCUT2D eigenvalue weighted by Crippen LogP contribution is 2.27. The highest BCUT2D eigenvalue weighted by Gasteiger charge is 2.34. The largest absolute Gasteiger partial charge is 0.394 e. The zero-order valence-electron chi connectivity index (χ0n) is 9.64. The molecule has 1 saturated heterocycles. The van der Waals surface area contributed by atoms with Gasteiger partial charge in [-0.05, 0) is 36.3 Å². The summed E-state index contributed by atoms with van der Waals surface area (Å²) < 4.78 is 0. The number of carbonyl (C=O) groups excluding carboxylic acids is 1. The summed E-state index contributed by atoms with van der Waals surface area (Å²) in [5.74, 6) is 0.477. The second-order valence-corrected chi connectivity index (χ2v) is 5.36. The quantitative estimate of drug-likeness (QED) is 0.856. The van der Waals surface area contributed by atoms with Gasteiger partial charge in [0.2, 0.25) is 0 Å². The molecule has 3 nitrogen and oxygen atoms in total. The predicted molar refractivity (Wildman–Crippen MR) is 64.7 cm³/mol. The van der Waals surface area contributed by atoms with Crippen molar-refractivity contribution in [3.63, 3.8) is 0 Å². The molecule has 2 rings (SSSR count). The molecule has 1 aromatic rings. The lowest BCUT2D eigenvalue weighted by molar-refractivity contribution is 0.0652. The summed E-state index contributed by atoms with van der Waals surface area (Å²) in [6.07, 6.45) is 0.987. The Morgan fingerprint density at radius 1 is 1.69 bits per heavy atom. The Balaban J connectivity index is 2.20. The first-order chi connectivity index (χ1) is 7.65. The summed E-state index contributed by atoms with van der Waals surface area (Å²) in [6.45, 7) is 4.88. The molecule has 1 aromatic heterocycles. The highest BCUT2D eigenvalue weighted by molar-refractivity contribution is 7.12. The topological polar surface area (TPSA) is 40.5 Å². The van der Waals surface area contributed by atoms with Crippen LogP contribution in [0.4, 0.5) is 0 Å². The van der Waals surface area contributed by atoms with Crippen LogP contribution in [0.3, 0.4) is 0 Å². The second-order valence-electron chi connectivity index (χ2n) is 4.45. The van der Waals surface area contributed by atoms with E-state index in [1.807, 2.05) is 23.3 Å². The van der Waals surface area contributed by atoms with Crippen LogP contribution < -0.4 is 0 Å². The van der Waals surface area contributed by atoms with E-state index in [1.165, 1.54) is 11.3 Å². The van der Waals surface area contributed by atoms with Crippen LogP contribution in [0.5, 0.6) is 0 Å². The van der Waals surface area contributed by atoms with Crippen molar-refractivity contribution in [2.45, 2.75) is 26.3 Å². The molecular formula is C12H17NO2S. The minimum Gasteiger partial charge on any atom is -0.394 e. The fourth-order valence-corrected chi connectivity index (χ4v) is 3.14. The number of likely N-dealkylation sites (tertiary alicyclic amines) is 1. The molecule has 0 aromatic carbocycles. The molecule has 16 heavy (non-hydrogen) atoms. The van der Waals surface area contributed by atoms with Crippen molar-refractivity contribution in [3.8, 4) is 0 Å². The van der Waals surface area contributed by atoms with Crippen molar-refractivity contribution in [1.29, 1.82) is 0 Å². The van der Waals surface area contributed by atoms with Gasteiger partial charge in [-0.2, -0.15) is 0 Å². The second kappa shape index (κ2) is 4.55. The van der Waals surface area contributed by atoms with Gasteiger partial charge >= 0.3 is 0 Å². The van der Waals surface area contributed by atoms with Crippen LogP contribution in [-0.2, 0) is 0 Å². The number of aliphatic hydroxyl groups excluding tert-OH is 1. The number of hydrogen-bond donors (Lipinski definition) is 1. The van der Waals surface area contributed by atoms with Crippen LogP contribution in [0.15, 0.2) is 11.4 Å². The van der Waals surface area contributed by atoms with Crippen molar-refractivity contribution >= 4 is 17.2 Å². The summed E-state index contributed by atoms with van der Waals surface area (Å²) in [4.78, 5) is 14.9. The average Bonchev–Trinajstić information content (AvgIpc) is 2.83. The molecule has 88 valence electrons. The van der Waals surface area contributed by atoms with Crippen LogP contribution in [0.25, 0.3) is 0 Å². The van der Waals surface area contributed by atoms with Gasteiger partial charge in [-0.1, -0.05) is 6.92 Å². The van der Waals surface area contributed by atoms with Gasteiger partial charge in [0.15, 0.2) is 0 Å². The zero-order chi connectivity index (χ0) is 11.7. The van der Waals surface area contributed by atoms with E-state index >= 15 is 0 Å². The zero-order valence-corrected chi connectivity index (χ0v) is 10.5. The molecule has 2 unspecified atom stereocenters. The maximum atomic E-state index is 12.3. The van der Waals surface area contributed by atoms with E-state index in [0.717, 1.165) is 23.4 Å². The lowest BCUT2D eigenvalue weighted by Crippen LogP contribution is -2.39. The Bertz CT molecular complexity index is 388. The molecule has 1 N–H and O–H groups in total. The maximum Gasteiger partial charge on any atom is 0.264 e. The third-order valence-corrected chi connectivity index (χ3v) is 4.39. The number of aryl methyl sites for hydroxylation is 1. The van der Waals surface area contributed by atoms with Gasteiger partial charge in [-0.3, -0.25) is 4.79 Å². The number of amides is 1. The van der Waals surface area contributed by atoms with Gasteiger partial charge in [0.25, 0.3) is 5.91 Å². The van der Waals surface area contributed by atoms with Gasteiger partial charge in [-0.25, -0.2) is 0 Å². The van der Waals surface area contributed by atoms with Crippen LogP contribution in [0.2, 0.25) is 0 Å². The van der Waals surface area contributed by atoms with E-state index in [-0.39, 0.29) is 18.6 Å². The van der Waals surface area contributed by atoms with Crippen LogP contribution >= 0.6 is 11.3 Å². The molecule has 2 atom stereocenters. The third kappa shape index (κ3) is 1.87. The Morgan fingerprint density at radius 2 is 2.44 bits per heavy atom. The summed E-state index contributed by atoms with van der Waals surface area (Å²) in [7, 11) is 0. The van der Waals surface area contributed by atoms with E-state index < -0.39 is 0 Å². The van der Waals surface area contributed by atoms with Crippen molar-refractivity contribution < 1.29 is 9.90 Å². The van der Waals surface area contributed by atoms with E-state index in [4.69, 9.17) is 0 Å². The van der Waals surface area contributed by atoms with Crippen molar-refractivity contribution in [2.75, 3.05) is 13.2 Å². The standard InChI is InChI=1S/C12H17NO2S/c1-8-3-5-13(10(8)7-14)12(15)11-9(2)4-6-16-11/h4,6,8,10,14H,3,5,7H2,1-2H3. The normalized spacial score (nSPS) is 25.1. The molecule has 0 saturated carbocycles. The van der Waals surface area contributed by atoms with Gasteiger partial charge in [0.1, 0.15) is 0 Å². The average molecular weight is 239 g/mol. The molecule has 2 heterocycles. The minimum absolute atomic E-state index is 0.00556. The molecular weight excluding hydrogens is 222 g/mol. The summed E-state index contributed by atoms with van der Waals surface area (Å²) in [5.41, 5.74) is 1.03. The Labute approximate surface area is 99.7 Å². The number of thiophene rings is 1. The number of nitrogens with zero attached hydrogens (tertiary/aromatic N) is 1. The first-order valence-electron chi connectivity index (χ1n) is 5.61. The number of aliphatic hydroxyl groups is 1. The predicted octanol–water partition coefficient (Wildman–Crippen LogP) is 1.90. The van der Waals surface area contributed by atoms with Crippen molar-refractivity contribution in [2.24, 2.45) is 5.92 Å². The summed E-state index contributed by atoms with van der Waals surface area (Å²) in [5, 5.41) is 11.3. The molecule has 0 aliphatic carbocycles. The number of rotatable bonds is 2. The Kier molecular flexibility index (Phi) is 3.30. The van der Waals surface area contributed by atoms with Gasteiger partial charge in [-0.15, -0.1) is 11.3 Å². The van der Waals surface area contributed by atoms with E-state index in [0.29, 0.717) is 5.92 Å². The van der Waals surface area contributed by atoms with Crippen molar-refractivity contribution in [3.05, 3.63) is 21.9 Å². The van der Waals surface area contributed by atoms with Gasteiger partial charge in [0, 0.05) is 6.54 Å². The van der Waals surface area contributed by atoms with E-state index in [2.05, 4.69) is 6.92 Å². The lowest BCUT2D eigenvalue weighted by Gasteiger charge is -2.25. The van der Waals surface area contributed by atoms with E-state index in [1.54, 1.807) is 0 Å². The van der Waals surface area contributed by atoms with Crippen LogP contribution in [-0.4, -0.2) is 35.1 Å². The van der Waals surface area contributed by atoms with Crippen LogP contribution in [0.1, 0.15) is 28.6 Å². The molecule has 1 aliphatic rings. The Morgan fingerprint density at radius 3 is 3.00 bits per heavy atom.